The van der Waals surface area contributed by atoms with Crippen LogP contribution in [-0.4, -0.2) is 10.9 Å². The number of primary amides is 1. The summed E-state index contributed by atoms with van der Waals surface area (Å²) >= 11 is 3.25. The largest absolute Gasteiger partial charge is 0.416 e. The van der Waals surface area contributed by atoms with Crippen LogP contribution >= 0.6 is 15.9 Å². The van der Waals surface area contributed by atoms with Crippen molar-refractivity contribution in [3.05, 3.63) is 63.9 Å². The Morgan fingerprint density at radius 2 is 1.81 bits per heavy atom. The molecule has 1 atom stereocenters. The lowest BCUT2D eigenvalue weighted by Gasteiger charge is -2.15. The highest BCUT2D eigenvalue weighted by atomic mass is 79.9. The van der Waals surface area contributed by atoms with Gasteiger partial charge in [-0.05, 0) is 29.8 Å². The summed E-state index contributed by atoms with van der Waals surface area (Å²) in [6.07, 6.45) is -2.94. The van der Waals surface area contributed by atoms with Crippen molar-refractivity contribution >= 4 is 21.8 Å². The Kier molecular flexibility index (Phi) is 4.32. The third-order valence-electron chi connectivity index (χ3n) is 2.89. The van der Waals surface area contributed by atoms with E-state index in [9.17, 15) is 18.0 Å². The summed E-state index contributed by atoms with van der Waals surface area (Å²) in [7, 11) is 0. The molecule has 2 N–H and O–H groups in total. The third kappa shape index (κ3) is 3.60. The van der Waals surface area contributed by atoms with E-state index < -0.39 is 23.6 Å². The molecule has 0 bridgehead atoms. The molecular weight excluding hydrogens is 349 g/mol. The highest BCUT2D eigenvalue weighted by Crippen LogP contribution is 2.31. The standard InChI is InChI=1S/C14H10BrF3N2O/c15-10-5-6-20-11(7-10)12(13(19)21)8-1-3-9(4-2-8)14(16,17)18/h1-7,12H,(H2,19,21). The molecule has 2 aromatic rings. The van der Waals surface area contributed by atoms with Crippen molar-refractivity contribution in [2.24, 2.45) is 5.73 Å². The van der Waals surface area contributed by atoms with Crippen LogP contribution in [0, 0.1) is 0 Å². The topological polar surface area (TPSA) is 56.0 Å². The summed E-state index contributed by atoms with van der Waals surface area (Å²) in [4.78, 5) is 15.7. The number of carbonyl (C=O) groups is 1. The molecule has 1 amide bonds. The van der Waals surface area contributed by atoms with Gasteiger partial charge in [0.25, 0.3) is 0 Å². The molecule has 0 spiro atoms. The van der Waals surface area contributed by atoms with Crippen LogP contribution in [0.4, 0.5) is 13.2 Å². The minimum Gasteiger partial charge on any atom is -0.369 e. The third-order valence-corrected chi connectivity index (χ3v) is 3.39. The van der Waals surface area contributed by atoms with Gasteiger partial charge in [-0.1, -0.05) is 28.1 Å². The average molecular weight is 359 g/mol. The molecule has 0 aliphatic carbocycles. The van der Waals surface area contributed by atoms with Crippen LogP contribution in [0.15, 0.2) is 47.1 Å². The van der Waals surface area contributed by atoms with Crippen LogP contribution in [0.5, 0.6) is 0 Å². The van der Waals surface area contributed by atoms with E-state index >= 15 is 0 Å². The van der Waals surface area contributed by atoms with Crippen LogP contribution in [0.1, 0.15) is 22.7 Å². The Hall–Kier alpha value is -1.89. The molecule has 1 heterocycles. The van der Waals surface area contributed by atoms with Crippen molar-refractivity contribution in [1.82, 2.24) is 4.98 Å². The lowest BCUT2D eigenvalue weighted by Crippen LogP contribution is -2.23. The van der Waals surface area contributed by atoms with Gasteiger partial charge in [-0.25, -0.2) is 0 Å². The Labute approximate surface area is 127 Å². The highest BCUT2D eigenvalue weighted by Gasteiger charge is 2.31. The maximum Gasteiger partial charge on any atom is 0.416 e. The molecule has 0 aliphatic rings. The van der Waals surface area contributed by atoms with Crippen molar-refractivity contribution < 1.29 is 18.0 Å². The number of hydrogen-bond acceptors (Lipinski definition) is 2. The zero-order chi connectivity index (χ0) is 15.6. The fraction of sp³-hybridized carbons (Fsp3) is 0.143. The summed E-state index contributed by atoms with van der Waals surface area (Å²) in [5, 5.41) is 0. The minimum atomic E-state index is -4.42. The van der Waals surface area contributed by atoms with E-state index in [2.05, 4.69) is 20.9 Å². The monoisotopic (exact) mass is 358 g/mol. The van der Waals surface area contributed by atoms with Crippen LogP contribution in [0.2, 0.25) is 0 Å². The van der Waals surface area contributed by atoms with Crippen molar-refractivity contribution in [1.29, 1.82) is 0 Å². The molecule has 0 aliphatic heterocycles. The molecular formula is C14H10BrF3N2O. The molecule has 21 heavy (non-hydrogen) atoms. The summed E-state index contributed by atoms with van der Waals surface area (Å²) in [6.45, 7) is 0. The van der Waals surface area contributed by atoms with E-state index in [1.165, 1.54) is 18.3 Å². The van der Waals surface area contributed by atoms with Crippen molar-refractivity contribution in [2.75, 3.05) is 0 Å². The molecule has 0 radical (unpaired) electrons. The fourth-order valence-corrected chi connectivity index (χ4v) is 2.28. The summed E-state index contributed by atoms with van der Waals surface area (Å²) in [5.41, 5.74) is 5.31. The highest BCUT2D eigenvalue weighted by molar-refractivity contribution is 9.10. The average Bonchev–Trinajstić information content (AvgIpc) is 2.38. The molecule has 7 heteroatoms. The van der Waals surface area contributed by atoms with Gasteiger partial charge in [0.2, 0.25) is 5.91 Å². The molecule has 0 saturated heterocycles. The first kappa shape index (κ1) is 15.5. The second kappa shape index (κ2) is 5.85. The van der Waals surface area contributed by atoms with Gasteiger partial charge < -0.3 is 5.73 Å². The number of benzene rings is 1. The molecule has 110 valence electrons. The first-order chi connectivity index (χ1) is 9.79. The Bertz CT molecular complexity index is 656. The zero-order valence-electron chi connectivity index (χ0n) is 10.6. The molecule has 2 rings (SSSR count). The second-order valence-corrected chi connectivity index (χ2v) is 5.27. The first-order valence-corrected chi connectivity index (χ1v) is 6.66. The molecule has 1 aromatic carbocycles. The Morgan fingerprint density at radius 1 is 1.19 bits per heavy atom. The van der Waals surface area contributed by atoms with Crippen molar-refractivity contribution in [3.8, 4) is 0 Å². The fourth-order valence-electron chi connectivity index (χ4n) is 1.92. The normalized spacial score (nSPS) is 13.0. The predicted octanol–water partition coefficient (Wildman–Crippen LogP) is 3.48. The molecule has 0 fully saturated rings. The SMILES string of the molecule is NC(=O)C(c1ccc(C(F)(F)F)cc1)c1cc(Br)ccn1. The zero-order valence-corrected chi connectivity index (χ0v) is 12.1. The van der Waals surface area contributed by atoms with Crippen LogP contribution in [-0.2, 0) is 11.0 Å². The van der Waals surface area contributed by atoms with Crippen molar-refractivity contribution in [3.63, 3.8) is 0 Å². The lowest BCUT2D eigenvalue weighted by atomic mass is 9.93. The van der Waals surface area contributed by atoms with E-state index in [1.54, 1.807) is 12.1 Å². The Balaban J connectivity index is 2.42. The molecule has 3 nitrogen and oxygen atoms in total. The van der Waals surface area contributed by atoms with E-state index in [1.807, 2.05) is 0 Å². The van der Waals surface area contributed by atoms with Gasteiger partial charge >= 0.3 is 6.18 Å². The number of nitrogens with two attached hydrogens (primary N) is 1. The summed E-state index contributed by atoms with van der Waals surface area (Å²) in [6, 6.07) is 7.59. The Morgan fingerprint density at radius 3 is 2.29 bits per heavy atom. The number of aromatic nitrogens is 1. The van der Waals surface area contributed by atoms with E-state index in [0.717, 1.165) is 12.1 Å². The number of nitrogens with zero attached hydrogens (tertiary/aromatic N) is 1. The lowest BCUT2D eigenvalue weighted by molar-refractivity contribution is -0.137. The van der Waals surface area contributed by atoms with Crippen LogP contribution in [0.25, 0.3) is 0 Å². The number of pyridine rings is 1. The molecule has 0 saturated carbocycles. The van der Waals surface area contributed by atoms with Crippen molar-refractivity contribution in [2.45, 2.75) is 12.1 Å². The van der Waals surface area contributed by atoms with E-state index in [0.29, 0.717) is 15.7 Å². The quantitative estimate of drug-likeness (QED) is 0.912. The van der Waals surface area contributed by atoms with Gasteiger partial charge in [0.15, 0.2) is 0 Å². The summed E-state index contributed by atoms with van der Waals surface area (Å²) in [5.74, 6) is -1.58. The molecule has 1 aromatic heterocycles. The second-order valence-electron chi connectivity index (χ2n) is 4.35. The number of halogens is 4. The van der Waals surface area contributed by atoms with Gasteiger partial charge in [-0.2, -0.15) is 13.2 Å². The molecule has 1 unspecified atom stereocenters. The van der Waals surface area contributed by atoms with Gasteiger partial charge in [-0.15, -0.1) is 0 Å². The predicted molar refractivity (Wildman–Crippen MR) is 74.4 cm³/mol. The number of amides is 1. The minimum absolute atomic E-state index is 0.362. The number of hydrogen-bond donors (Lipinski definition) is 1. The van der Waals surface area contributed by atoms with Crippen LogP contribution < -0.4 is 5.73 Å². The number of alkyl halides is 3. The van der Waals surface area contributed by atoms with E-state index in [-0.39, 0.29) is 0 Å². The van der Waals surface area contributed by atoms with Gasteiger partial charge in [0.1, 0.15) is 5.92 Å². The van der Waals surface area contributed by atoms with E-state index in [4.69, 9.17) is 5.73 Å². The number of rotatable bonds is 3. The number of carbonyl (C=O) groups excluding carboxylic acids is 1. The smallest absolute Gasteiger partial charge is 0.369 e. The van der Waals surface area contributed by atoms with Gasteiger partial charge in [-0.3, -0.25) is 9.78 Å². The maximum absolute atomic E-state index is 12.5. The van der Waals surface area contributed by atoms with Crippen LogP contribution in [0.3, 0.4) is 0 Å². The van der Waals surface area contributed by atoms with Gasteiger partial charge in [0.05, 0.1) is 11.3 Å². The first-order valence-electron chi connectivity index (χ1n) is 5.87. The van der Waals surface area contributed by atoms with Gasteiger partial charge in [0, 0.05) is 10.7 Å². The summed E-state index contributed by atoms with van der Waals surface area (Å²) < 4.78 is 38.3. The maximum atomic E-state index is 12.5.